The van der Waals surface area contributed by atoms with Crippen LogP contribution in [0.25, 0.3) is 16.6 Å². The Hall–Kier alpha value is -2.60. The third-order valence-electron chi connectivity index (χ3n) is 5.81. The Morgan fingerprint density at radius 3 is 2.50 bits per heavy atom. The molecule has 0 unspecified atom stereocenters. The fourth-order valence-corrected chi connectivity index (χ4v) is 4.71. The molecule has 0 N–H and O–H groups in total. The lowest BCUT2D eigenvalue weighted by Gasteiger charge is -2.30. The van der Waals surface area contributed by atoms with Crippen LogP contribution in [0.3, 0.4) is 0 Å². The summed E-state index contributed by atoms with van der Waals surface area (Å²) >= 11 is 1.34. The number of nitrogens with zero attached hydrogens (tertiary/aromatic N) is 3. The van der Waals surface area contributed by atoms with Crippen molar-refractivity contribution in [3.8, 4) is 5.69 Å². The molecule has 0 bridgehead atoms. The SMILES string of the molecule is CCc1ccc(-n2c(SCC(=O)N3CCC(C)CC3)nc3ccccc3c2=O)cc1. The molecule has 5 nitrogen and oxygen atoms in total. The molecule has 30 heavy (non-hydrogen) atoms. The van der Waals surface area contributed by atoms with Gasteiger partial charge in [-0.05, 0) is 55.0 Å². The van der Waals surface area contributed by atoms with E-state index in [1.54, 1.807) is 10.6 Å². The van der Waals surface area contributed by atoms with Crippen LogP contribution < -0.4 is 5.56 Å². The zero-order chi connectivity index (χ0) is 21.1. The molecule has 6 heteroatoms. The number of amides is 1. The van der Waals surface area contributed by atoms with Gasteiger partial charge in [-0.1, -0.05) is 49.9 Å². The molecular formula is C24H27N3O2S. The second-order valence-corrected chi connectivity index (χ2v) is 8.87. The Morgan fingerprint density at radius 2 is 1.80 bits per heavy atom. The van der Waals surface area contributed by atoms with E-state index in [1.165, 1.54) is 17.3 Å². The number of benzene rings is 2. The topological polar surface area (TPSA) is 55.2 Å². The lowest BCUT2D eigenvalue weighted by atomic mass is 9.99. The van der Waals surface area contributed by atoms with E-state index < -0.39 is 0 Å². The summed E-state index contributed by atoms with van der Waals surface area (Å²) in [4.78, 5) is 32.7. The van der Waals surface area contributed by atoms with Crippen LogP contribution in [-0.2, 0) is 11.2 Å². The minimum atomic E-state index is -0.105. The van der Waals surface area contributed by atoms with E-state index in [0.717, 1.165) is 38.0 Å². The Morgan fingerprint density at radius 1 is 1.10 bits per heavy atom. The number of rotatable bonds is 5. The number of fused-ring (bicyclic) bond motifs is 1. The normalized spacial score (nSPS) is 14.9. The molecule has 1 amide bonds. The third kappa shape index (κ3) is 4.29. The largest absolute Gasteiger partial charge is 0.342 e. The van der Waals surface area contributed by atoms with Crippen LogP contribution >= 0.6 is 11.8 Å². The van der Waals surface area contributed by atoms with Crippen LogP contribution in [-0.4, -0.2) is 39.2 Å². The summed E-state index contributed by atoms with van der Waals surface area (Å²) in [7, 11) is 0. The van der Waals surface area contributed by atoms with E-state index in [0.29, 0.717) is 22.0 Å². The molecule has 0 aliphatic carbocycles. The molecule has 0 atom stereocenters. The Balaban J connectivity index is 1.67. The summed E-state index contributed by atoms with van der Waals surface area (Å²) in [6.45, 7) is 5.97. The number of carbonyl (C=O) groups excluding carboxylic acids is 1. The van der Waals surface area contributed by atoms with Crippen LogP contribution in [0.4, 0.5) is 0 Å². The molecule has 2 aromatic carbocycles. The molecule has 1 aliphatic rings. The molecular weight excluding hydrogens is 394 g/mol. The standard InChI is InChI=1S/C24H27N3O2S/c1-3-18-8-10-19(11-9-18)27-23(29)20-6-4-5-7-21(20)25-24(27)30-16-22(28)26-14-12-17(2)13-15-26/h4-11,17H,3,12-16H2,1-2H3. The molecule has 1 saturated heterocycles. The summed E-state index contributed by atoms with van der Waals surface area (Å²) in [6, 6.07) is 15.3. The molecule has 1 fully saturated rings. The maximum atomic E-state index is 13.3. The second-order valence-electron chi connectivity index (χ2n) is 7.92. The zero-order valence-electron chi connectivity index (χ0n) is 17.5. The van der Waals surface area contributed by atoms with E-state index in [1.807, 2.05) is 47.4 Å². The van der Waals surface area contributed by atoms with Gasteiger partial charge >= 0.3 is 0 Å². The fraction of sp³-hybridized carbons (Fsp3) is 0.375. The molecule has 1 aromatic heterocycles. The van der Waals surface area contributed by atoms with Crippen LogP contribution in [0.1, 0.15) is 32.3 Å². The van der Waals surface area contributed by atoms with Crippen molar-refractivity contribution in [2.75, 3.05) is 18.8 Å². The van der Waals surface area contributed by atoms with Gasteiger partial charge in [0.2, 0.25) is 5.91 Å². The van der Waals surface area contributed by atoms with Crippen LogP contribution in [0.5, 0.6) is 0 Å². The number of aryl methyl sites for hydroxylation is 1. The number of para-hydroxylation sites is 1. The minimum absolute atomic E-state index is 0.105. The number of hydrogen-bond donors (Lipinski definition) is 0. The van der Waals surface area contributed by atoms with Gasteiger partial charge in [-0.25, -0.2) is 4.98 Å². The number of piperidine rings is 1. The Bertz CT molecular complexity index is 1100. The van der Waals surface area contributed by atoms with Crippen molar-refractivity contribution in [2.45, 2.75) is 38.3 Å². The Kier molecular flexibility index (Phi) is 6.23. The van der Waals surface area contributed by atoms with E-state index in [2.05, 4.69) is 13.8 Å². The average Bonchev–Trinajstić information content (AvgIpc) is 2.78. The van der Waals surface area contributed by atoms with Gasteiger partial charge in [0.25, 0.3) is 5.56 Å². The molecule has 0 spiro atoms. The third-order valence-corrected chi connectivity index (χ3v) is 6.73. The van der Waals surface area contributed by atoms with Crippen LogP contribution in [0, 0.1) is 5.92 Å². The van der Waals surface area contributed by atoms with E-state index >= 15 is 0 Å². The van der Waals surface area contributed by atoms with Crippen molar-refractivity contribution in [1.29, 1.82) is 0 Å². The van der Waals surface area contributed by atoms with Crippen molar-refractivity contribution >= 4 is 28.6 Å². The number of thioether (sulfide) groups is 1. The summed E-state index contributed by atoms with van der Waals surface area (Å²) in [5, 5.41) is 1.14. The predicted molar refractivity (Wildman–Crippen MR) is 122 cm³/mol. The van der Waals surface area contributed by atoms with Crippen molar-refractivity contribution in [3.05, 3.63) is 64.4 Å². The van der Waals surface area contributed by atoms with Gasteiger partial charge in [-0.3, -0.25) is 14.2 Å². The first kappa shape index (κ1) is 20.7. The van der Waals surface area contributed by atoms with Gasteiger partial charge in [-0.2, -0.15) is 0 Å². The maximum Gasteiger partial charge on any atom is 0.266 e. The lowest BCUT2D eigenvalue weighted by Crippen LogP contribution is -2.39. The molecule has 0 saturated carbocycles. The summed E-state index contributed by atoms with van der Waals surface area (Å²) in [5.74, 6) is 1.08. The predicted octanol–water partition coefficient (Wildman–Crippen LogP) is 4.30. The first-order valence-corrected chi connectivity index (χ1v) is 11.6. The van der Waals surface area contributed by atoms with E-state index in [4.69, 9.17) is 4.98 Å². The molecule has 156 valence electrons. The quantitative estimate of drug-likeness (QED) is 0.455. The van der Waals surface area contributed by atoms with Gasteiger partial charge < -0.3 is 4.90 Å². The van der Waals surface area contributed by atoms with Gasteiger partial charge in [0.1, 0.15) is 0 Å². The number of likely N-dealkylation sites (tertiary alicyclic amines) is 1. The van der Waals surface area contributed by atoms with Crippen molar-refractivity contribution in [1.82, 2.24) is 14.5 Å². The van der Waals surface area contributed by atoms with Gasteiger partial charge in [0.05, 0.1) is 22.3 Å². The van der Waals surface area contributed by atoms with Gasteiger partial charge in [0.15, 0.2) is 5.16 Å². The first-order chi connectivity index (χ1) is 14.6. The average molecular weight is 422 g/mol. The van der Waals surface area contributed by atoms with E-state index in [9.17, 15) is 9.59 Å². The molecule has 4 rings (SSSR count). The summed E-state index contributed by atoms with van der Waals surface area (Å²) in [5.41, 5.74) is 2.54. The highest BCUT2D eigenvalue weighted by Gasteiger charge is 2.21. The number of hydrogen-bond acceptors (Lipinski definition) is 4. The zero-order valence-corrected chi connectivity index (χ0v) is 18.3. The second kappa shape index (κ2) is 9.04. The minimum Gasteiger partial charge on any atom is -0.342 e. The van der Waals surface area contributed by atoms with E-state index in [-0.39, 0.29) is 17.2 Å². The van der Waals surface area contributed by atoms with Crippen LogP contribution in [0.2, 0.25) is 0 Å². The first-order valence-electron chi connectivity index (χ1n) is 10.6. The summed E-state index contributed by atoms with van der Waals surface area (Å²) < 4.78 is 1.64. The Labute approximate surface area is 181 Å². The highest BCUT2D eigenvalue weighted by Crippen LogP contribution is 2.23. The fourth-order valence-electron chi connectivity index (χ4n) is 3.79. The van der Waals surface area contributed by atoms with Gasteiger partial charge in [0, 0.05) is 13.1 Å². The number of carbonyl (C=O) groups is 1. The molecule has 1 aliphatic heterocycles. The highest BCUT2D eigenvalue weighted by atomic mass is 32.2. The van der Waals surface area contributed by atoms with Crippen molar-refractivity contribution in [3.63, 3.8) is 0 Å². The molecule has 0 radical (unpaired) electrons. The highest BCUT2D eigenvalue weighted by molar-refractivity contribution is 7.99. The number of aromatic nitrogens is 2. The monoisotopic (exact) mass is 421 g/mol. The molecule has 3 aromatic rings. The van der Waals surface area contributed by atoms with Crippen molar-refractivity contribution in [2.24, 2.45) is 5.92 Å². The molecule has 2 heterocycles. The van der Waals surface area contributed by atoms with Crippen molar-refractivity contribution < 1.29 is 4.79 Å². The smallest absolute Gasteiger partial charge is 0.266 e. The van der Waals surface area contributed by atoms with Crippen LogP contribution in [0.15, 0.2) is 58.5 Å². The maximum absolute atomic E-state index is 13.3. The summed E-state index contributed by atoms with van der Waals surface area (Å²) in [6.07, 6.45) is 3.05. The lowest BCUT2D eigenvalue weighted by molar-refractivity contribution is -0.129. The van der Waals surface area contributed by atoms with Gasteiger partial charge in [-0.15, -0.1) is 0 Å².